The molecule has 1 aliphatic rings. The summed E-state index contributed by atoms with van der Waals surface area (Å²) in [6.07, 6.45) is 0.291. The topological polar surface area (TPSA) is 57.6 Å². The normalized spacial score (nSPS) is 20.7. The molecule has 1 heterocycles. The van der Waals surface area contributed by atoms with Crippen molar-refractivity contribution < 1.29 is 14.7 Å². The Bertz CT molecular complexity index is 388. The summed E-state index contributed by atoms with van der Waals surface area (Å²) in [4.78, 5) is 23.9. The molecule has 77 valence electrons. The molecule has 1 radical (unpaired) electrons. The second kappa shape index (κ2) is 3.73. The van der Waals surface area contributed by atoms with Crippen molar-refractivity contribution in [2.45, 2.75) is 12.5 Å². The maximum Gasteiger partial charge on any atom is 0.334 e. The number of rotatable bonds is 2. The van der Waals surface area contributed by atoms with Gasteiger partial charge in [-0.1, -0.05) is 18.2 Å². The Labute approximate surface area is 87.1 Å². The maximum atomic E-state index is 11.4. The minimum Gasteiger partial charge on any atom is -0.479 e. The third-order valence-corrected chi connectivity index (χ3v) is 2.45. The maximum absolute atomic E-state index is 11.4. The van der Waals surface area contributed by atoms with E-state index in [9.17, 15) is 9.59 Å². The van der Waals surface area contributed by atoms with E-state index in [0.29, 0.717) is 18.7 Å². The molecular weight excluding hydrogens is 194 g/mol. The number of anilines is 1. The number of Topliss-reactive ketones (excluding diaryl/α,β-unsaturated/α-hetero) is 1. The highest BCUT2D eigenvalue weighted by atomic mass is 16.4. The molecule has 1 atom stereocenters. The van der Waals surface area contributed by atoms with Crippen LogP contribution in [0.2, 0.25) is 0 Å². The number of carboxylic acids is 1. The summed E-state index contributed by atoms with van der Waals surface area (Å²) in [5.74, 6) is -1.32. The van der Waals surface area contributed by atoms with E-state index >= 15 is 0 Å². The summed E-state index contributed by atoms with van der Waals surface area (Å²) in [6.45, 7) is 0.455. The van der Waals surface area contributed by atoms with Crippen LogP contribution in [0.3, 0.4) is 0 Å². The lowest BCUT2D eigenvalue weighted by molar-refractivity contribution is -0.141. The number of para-hydroxylation sites is 1. The quantitative estimate of drug-likeness (QED) is 0.721. The van der Waals surface area contributed by atoms with Crippen molar-refractivity contribution in [3.63, 3.8) is 0 Å². The van der Waals surface area contributed by atoms with Gasteiger partial charge in [-0.05, 0) is 6.07 Å². The third kappa shape index (κ3) is 1.70. The zero-order valence-electron chi connectivity index (χ0n) is 8.01. The van der Waals surface area contributed by atoms with E-state index in [1.165, 1.54) is 0 Å². The number of carbonyl (C=O) groups excluding carboxylic acids is 1. The predicted molar refractivity (Wildman–Crippen MR) is 53.7 cm³/mol. The van der Waals surface area contributed by atoms with Gasteiger partial charge in [0.2, 0.25) is 0 Å². The number of carboxylic acid groups (broad SMARTS) is 1. The van der Waals surface area contributed by atoms with Crippen LogP contribution in [0.4, 0.5) is 5.69 Å². The van der Waals surface area contributed by atoms with Crippen molar-refractivity contribution in [3.05, 3.63) is 30.3 Å². The van der Waals surface area contributed by atoms with Crippen LogP contribution >= 0.6 is 0 Å². The van der Waals surface area contributed by atoms with Gasteiger partial charge >= 0.3 is 5.97 Å². The van der Waals surface area contributed by atoms with Crippen molar-refractivity contribution >= 4 is 17.4 Å². The monoisotopic (exact) mass is 204 g/mol. The Balaban J connectivity index is 2.30. The Hall–Kier alpha value is -1.84. The Kier molecular flexibility index (Phi) is 2.41. The molecule has 2 rings (SSSR count). The molecule has 1 aliphatic heterocycles. The third-order valence-electron chi connectivity index (χ3n) is 2.45. The molecular formula is C11H10NO3. The van der Waals surface area contributed by atoms with Gasteiger partial charge < -0.3 is 10.0 Å². The smallest absolute Gasteiger partial charge is 0.334 e. The minimum atomic E-state index is -1.09. The average molecular weight is 204 g/mol. The van der Waals surface area contributed by atoms with Gasteiger partial charge in [-0.2, -0.15) is 0 Å². The number of ketones is 1. The molecule has 0 spiro atoms. The fraction of sp³-hybridized carbons (Fsp3) is 0.273. The van der Waals surface area contributed by atoms with Gasteiger partial charge in [0, 0.05) is 24.7 Å². The lowest BCUT2D eigenvalue weighted by atomic mass is 10.2. The van der Waals surface area contributed by atoms with E-state index in [1.807, 2.05) is 0 Å². The van der Waals surface area contributed by atoms with Crippen molar-refractivity contribution in [2.24, 2.45) is 0 Å². The SMILES string of the molecule is O=C(O)C1C(=O)CCN1c1[c]cccc1. The summed E-state index contributed by atoms with van der Waals surface area (Å²) in [7, 11) is 0. The average Bonchev–Trinajstić information content (AvgIpc) is 2.61. The number of benzene rings is 1. The largest absolute Gasteiger partial charge is 0.479 e. The first-order valence-electron chi connectivity index (χ1n) is 4.69. The Morgan fingerprint density at radius 1 is 1.53 bits per heavy atom. The van der Waals surface area contributed by atoms with E-state index in [2.05, 4.69) is 6.07 Å². The van der Waals surface area contributed by atoms with Crippen LogP contribution in [0.15, 0.2) is 24.3 Å². The second-order valence-electron chi connectivity index (χ2n) is 3.40. The minimum absolute atomic E-state index is 0.236. The van der Waals surface area contributed by atoms with Gasteiger partial charge in [0.25, 0.3) is 0 Å². The zero-order chi connectivity index (χ0) is 10.8. The first kappa shape index (κ1) is 9.71. The predicted octanol–water partition coefficient (Wildman–Crippen LogP) is 0.719. The van der Waals surface area contributed by atoms with Gasteiger partial charge in [0.05, 0.1) is 0 Å². The number of aliphatic carboxylic acids is 1. The van der Waals surface area contributed by atoms with Crippen molar-refractivity contribution in [3.8, 4) is 0 Å². The zero-order valence-corrected chi connectivity index (χ0v) is 8.01. The van der Waals surface area contributed by atoms with Gasteiger partial charge in [-0.15, -0.1) is 0 Å². The van der Waals surface area contributed by atoms with E-state index < -0.39 is 12.0 Å². The number of hydrogen-bond acceptors (Lipinski definition) is 3. The molecule has 0 aliphatic carbocycles. The van der Waals surface area contributed by atoms with Gasteiger partial charge in [-0.25, -0.2) is 4.79 Å². The first-order chi connectivity index (χ1) is 7.20. The van der Waals surface area contributed by atoms with Gasteiger partial charge in [0.15, 0.2) is 11.8 Å². The summed E-state index contributed by atoms with van der Waals surface area (Å²) in [5.41, 5.74) is 0.663. The van der Waals surface area contributed by atoms with Crippen LogP contribution in [0.5, 0.6) is 0 Å². The van der Waals surface area contributed by atoms with E-state index in [1.54, 1.807) is 29.2 Å². The van der Waals surface area contributed by atoms with Crippen molar-refractivity contribution in [1.82, 2.24) is 0 Å². The summed E-state index contributed by atoms with van der Waals surface area (Å²) >= 11 is 0. The Morgan fingerprint density at radius 2 is 2.33 bits per heavy atom. The van der Waals surface area contributed by atoms with E-state index in [4.69, 9.17) is 5.11 Å². The highest BCUT2D eigenvalue weighted by Crippen LogP contribution is 2.22. The number of nitrogens with zero attached hydrogens (tertiary/aromatic N) is 1. The molecule has 1 aromatic carbocycles. The molecule has 1 fully saturated rings. The summed E-state index contributed by atoms with van der Waals surface area (Å²) < 4.78 is 0. The molecule has 0 amide bonds. The first-order valence-corrected chi connectivity index (χ1v) is 4.69. The van der Waals surface area contributed by atoms with Crippen LogP contribution in [-0.2, 0) is 9.59 Å². The molecule has 0 aromatic heterocycles. The van der Waals surface area contributed by atoms with Gasteiger partial charge in [0.1, 0.15) is 0 Å². The molecule has 1 N–H and O–H groups in total. The number of hydrogen-bond donors (Lipinski definition) is 1. The van der Waals surface area contributed by atoms with Crippen LogP contribution in [0.25, 0.3) is 0 Å². The second-order valence-corrected chi connectivity index (χ2v) is 3.40. The molecule has 0 saturated carbocycles. The Morgan fingerprint density at radius 3 is 2.93 bits per heavy atom. The lowest BCUT2D eigenvalue weighted by Crippen LogP contribution is -2.39. The summed E-state index contributed by atoms with van der Waals surface area (Å²) in [6, 6.07) is 8.95. The molecule has 1 saturated heterocycles. The van der Waals surface area contributed by atoms with Crippen LogP contribution in [0, 0.1) is 6.07 Å². The molecule has 15 heavy (non-hydrogen) atoms. The molecule has 1 aromatic rings. The van der Waals surface area contributed by atoms with Crippen molar-refractivity contribution in [2.75, 3.05) is 11.4 Å². The fourth-order valence-corrected chi connectivity index (χ4v) is 1.76. The molecule has 1 unspecified atom stereocenters. The highest BCUT2D eigenvalue weighted by molar-refractivity contribution is 6.07. The number of carbonyl (C=O) groups is 2. The standard InChI is InChI=1S/C11H10NO3/c13-9-6-7-12(10(9)11(14)15)8-4-2-1-3-5-8/h1-4,10H,6-7H2,(H,14,15). The van der Waals surface area contributed by atoms with Gasteiger partial charge in [-0.3, -0.25) is 4.79 Å². The molecule has 4 heteroatoms. The van der Waals surface area contributed by atoms with Crippen LogP contribution < -0.4 is 4.90 Å². The summed E-state index contributed by atoms with van der Waals surface area (Å²) in [5, 5.41) is 8.94. The van der Waals surface area contributed by atoms with Crippen LogP contribution in [-0.4, -0.2) is 29.4 Å². The molecule has 0 bridgehead atoms. The van der Waals surface area contributed by atoms with E-state index in [-0.39, 0.29) is 5.78 Å². The van der Waals surface area contributed by atoms with Crippen LogP contribution in [0.1, 0.15) is 6.42 Å². The van der Waals surface area contributed by atoms with Crippen molar-refractivity contribution in [1.29, 1.82) is 0 Å². The molecule has 4 nitrogen and oxygen atoms in total. The highest BCUT2D eigenvalue weighted by Gasteiger charge is 2.38. The van der Waals surface area contributed by atoms with E-state index in [0.717, 1.165) is 0 Å². The lowest BCUT2D eigenvalue weighted by Gasteiger charge is -2.21. The fourth-order valence-electron chi connectivity index (χ4n) is 1.76.